The van der Waals surface area contributed by atoms with Crippen molar-refractivity contribution in [2.45, 2.75) is 19.8 Å². The number of hydroxylamine groups is 2. The van der Waals surface area contributed by atoms with E-state index in [-0.39, 0.29) is 19.1 Å². The first kappa shape index (κ1) is 14.4. The Labute approximate surface area is 107 Å². The van der Waals surface area contributed by atoms with Crippen molar-refractivity contribution in [2.24, 2.45) is 5.41 Å². The van der Waals surface area contributed by atoms with Crippen LogP contribution in [-0.4, -0.2) is 36.7 Å². The van der Waals surface area contributed by atoms with Gasteiger partial charge in [0.1, 0.15) is 12.0 Å². The molecule has 1 fully saturated rings. The first-order chi connectivity index (χ1) is 8.56. The molecule has 5 heteroatoms. The molecule has 0 spiro atoms. The highest BCUT2D eigenvalue weighted by molar-refractivity contribution is 6.02. The van der Waals surface area contributed by atoms with E-state index in [1.165, 1.54) is 11.1 Å². The molecule has 1 rings (SSSR count). The van der Waals surface area contributed by atoms with Gasteiger partial charge in [-0.3, -0.25) is 14.4 Å². The largest absolute Gasteiger partial charge is 0.461 e. The zero-order chi connectivity index (χ0) is 13.6. The molecule has 0 N–H and O–H groups in total. The van der Waals surface area contributed by atoms with Gasteiger partial charge in [-0.2, -0.15) is 0 Å². The van der Waals surface area contributed by atoms with E-state index in [1.54, 1.807) is 13.0 Å². The topological polar surface area (TPSA) is 55.8 Å². The van der Waals surface area contributed by atoms with Gasteiger partial charge in [0.15, 0.2) is 0 Å². The van der Waals surface area contributed by atoms with E-state index in [1.807, 2.05) is 0 Å². The maximum Gasteiger partial charge on any atom is 0.321 e. The summed E-state index contributed by atoms with van der Waals surface area (Å²) in [6, 6.07) is 0. The third-order valence-electron chi connectivity index (χ3n) is 2.84. The molecule has 0 bridgehead atoms. The van der Waals surface area contributed by atoms with Crippen molar-refractivity contribution in [3.63, 3.8) is 0 Å². The number of amides is 1. The van der Waals surface area contributed by atoms with Gasteiger partial charge in [0.25, 0.3) is 5.91 Å². The van der Waals surface area contributed by atoms with Crippen molar-refractivity contribution >= 4 is 11.9 Å². The van der Waals surface area contributed by atoms with Gasteiger partial charge in [-0.15, -0.1) is 6.58 Å². The van der Waals surface area contributed by atoms with Gasteiger partial charge in [0, 0.05) is 0 Å². The molecule has 0 aromatic carbocycles. The highest BCUT2D eigenvalue weighted by atomic mass is 16.7. The third kappa shape index (κ3) is 2.98. The lowest BCUT2D eigenvalue weighted by molar-refractivity contribution is -0.191. The molecule has 1 aliphatic rings. The lowest BCUT2D eigenvalue weighted by Gasteiger charge is -2.27. The lowest BCUT2D eigenvalue weighted by atomic mass is 9.84. The fourth-order valence-corrected chi connectivity index (χ4v) is 1.78. The van der Waals surface area contributed by atoms with Crippen molar-refractivity contribution in [1.29, 1.82) is 0 Å². The molecule has 100 valence electrons. The second-order valence-electron chi connectivity index (χ2n) is 4.31. The van der Waals surface area contributed by atoms with E-state index in [4.69, 9.17) is 9.57 Å². The Morgan fingerprint density at radius 1 is 1.56 bits per heavy atom. The summed E-state index contributed by atoms with van der Waals surface area (Å²) in [7, 11) is 0. The molecule has 5 nitrogen and oxygen atoms in total. The van der Waals surface area contributed by atoms with E-state index >= 15 is 0 Å². The van der Waals surface area contributed by atoms with E-state index in [2.05, 4.69) is 13.2 Å². The zero-order valence-electron chi connectivity index (χ0n) is 10.7. The molecule has 0 radical (unpaired) electrons. The van der Waals surface area contributed by atoms with Gasteiger partial charge < -0.3 is 4.74 Å². The summed E-state index contributed by atoms with van der Waals surface area (Å²) >= 11 is 0. The van der Waals surface area contributed by atoms with Gasteiger partial charge in [-0.25, -0.2) is 5.06 Å². The minimum Gasteiger partial charge on any atom is -0.461 e. The van der Waals surface area contributed by atoms with Gasteiger partial charge >= 0.3 is 5.97 Å². The zero-order valence-corrected chi connectivity index (χ0v) is 10.7. The molecule has 18 heavy (non-hydrogen) atoms. The number of nitrogens with zero attached hydrogens (tertiary/aromatic N) is 1. The van der Waals surface area contributed by atoms with Crippen LogP contribution in [0.4, 0.5) is 0 Å². The Hall–Kier alpha value is -1.62. The molecule has 1 amide bonds. The maximum absolute atomic E-state index is 12.3. The molecule has 0 saturated carbocycles. The average molecular weight is 253 g/mol. The number of hydrogen-bond acceptors (Lipinski definition) is 4. The van der Waals surface area contributed by atoms with Gasteiger partial charge in [0.2, 0.25) is 0 Å². The summed E-state index contributed by atoms with van der Waals surface area (Å²) in [4.78, 5) is 29.6. The van der Waals surface area contributed by atoms with Crippen LogP contribution in [0.15, 0.2) is 25.3 Å². The van der Waals surface area contributed by atoms with Crippen LogP contribution >= 0.6 is 0 Å². The van der Waals surface area contributed by atoms with Crippen molar-refractivity contribution < 1.29 is 19.2 Å². The van der Waals surface area contributed by atoms with E-state index in [0.717, 1.165) is 0 Å². The fraction of sp³-hybridized carbons (Fsp3) is 0.538. The number of carbonyl (C=O) groups excluding carboxylic acids is 2. The van der Waals surface area contributed by atoms with Gasteiger partial charge in [-0.1, -0.05) is 18.7 Å². The molecule has 1 saturated heterocycles. The van der Waals surface area contributed by atoms with Crippen LogP contribution < -0.4 is 0 Å². The van der Waals surface area contributed by atoms with Crippen molar-refractivity contribution in [1.82, 2.24) is 5.06 Å². The number of esters is 1. The van der Waals surface area contributed by atoms with E-state index < -0.39 is 11.4 Å². The van der Waals surface area contributed by atoms with Crippen LogP contribution in [-0.2, 0) is 19.2 Å². The van der Waals surface area contributed by atoms with Crippen LogP contribution in [0.1, 0.15) is 19.8 Å². The molecule has 1 aliphatic heterocycles. The standard InChI is InChI=1S/C13H19NO4/c1-4-8-14-11(15)13(3,7-6-10-18-14)12(16)17-9-5-2/h4-5H,1-2,6-10H2,3H3. The molecule has 0 aromatic rings. The normalized spacial score (nSPS) is 24.3. The SMILES string of the molecule is C=CCOC(=O)C1(C)CCCON(CC=C)C1=O. The van der Waals surface area contributed by atoms with Crippen molar-refractivity contribution in [3.8, 4) is 0 Å². The van der Waals surface area contributed by atoms with E-state index in [0.29, 0.717) is 19.4 Å². The monoisotopic (exact) mass is 253 g/mol. The third-order valence-corrected chi connectivity index (χ3v) is 2.84. The minimum atomic E-state index is -1.19. The van der Waals surface area contributed by atoms with Crippen LogP contribution in [0.5, 0.6) is 0 Å². The van der Waals surface area contributed by atoms with Crippen molar-refractivity contribution in [3.05, 3.63) is 25.3 Å². The average Bonchev–Trinajstić information content (AvgIpc) is 2.50. The number of rotatable bonds is 5. The molecule has 0 aliphatic carbocycles. The fourth-order valence-electron chi connectivity index (χ4n) is 1.78. The highest BCUT2D eigenvalue weighted by Crippen LogP contribution is 2.30. The molecular formula is C13H19NO4. The quantitative estimate of drug-likeness (QED) is 0.423. The summed E-state index contributed by atoms with van der Waals surface area (Å²) in [5.74, 6) is -0.916. The molecule has 1 unspecified atom stereocenters. The summed E-state index contributed by atoms with van der Waals surface area (Å²) in [5, 5.41) is 1.18. The van der Waals surface area contributed by atoms with Crippen LogP contribution in [0.25, 0.3) is 0 Å². The molecular weight excluding hydrogens is 234 g/mol. The highest BCUT2D eigenvalue weighted by Gasteiger charge is 2.46. The Balaban J connectivity index is 2.87. The maximum atomic E-state index is 12.3. The predicted molar refractivity (Wildman–Crippen MR) is 66.4 cm³/mol. The van der Waals surface area contributed by atoms with Crippen LogP contribution in [0.2, 0.25) is 0 Å². The van der Waals surface area contributed by atoms with E-state index in [9.17, 15) is 9.59 Å². The summed E-state index contributed by atoms with van der Waals surface area (Å²) in [6.45, 7) is 9.38. The lowest BCUT2D eigenvalue weighted by Crippen LogP contribution is -2.46. The Morgan fingerprint density at radius 2 is 2.28 bits per heavy atom. The second-order valence-corrected chi connectivity index (χ2v) is 4.31. The number of carbonyl (C=O) groups is 2. The van der Waals surface area contributed by atoms with Gasteiger partial charge in [-0.05, 0) is 19.8 Å². The second kappa shape index (κ2) is 6.35. The Morgan fingerprint density at radius 3 is 2.89 bits per heavy atom. The molecule has 0 aromatic heterocycles. The van der Waals surface area contributed by atoms with Crippen LogP contribution in [0, 0.1) is 5.41 Å². The summed E-state index contributed by atoms with van der Waals surface area (Å²) < 4.78 is 5.00. The van der Waals surface area contributed by atoms with Crippen molar-refractivity contribution in [2.75, 3.05) is 19.8 Å². The molecule has 1 atom stereocenters. The Kier molecular flexibility index (Phi) is 5.09. The minimum absolute atomic E-state index is 0.101. The Bertz CT molecular complexity index is 353. The van der Waals surface area contributed by atoms with Crippen LogP contribution in [0.3, 0.4) is 0 Å². The molecule has 1 heterocycles. The summed E-state index contributed by atoms with van der Waals surface area (Å²) in [5.41, 5.74) is -1.19. The smallest absolute Gasteiger partial charge is 0.321 e. The predicted octanol–water partition coefficient (Wildman–Crippen LogP) is 1.46. The van der Waals surface area contributed by atoms with Gasteiger partial charge in [0.05, 0.1) is 13.2 Å². The number of ether oxygens (including phenoxy) is 1. The first-order valence-corrected chi connectivity index (χ1v) is 5.90. The summed E-state index contributed by atoms with van der Waals surface area (Å²) in [6.07, 6.45) is 4.06. The first-order valence-electron chi connectivity index (χ1n) is 5.90. The number of hydrogen-bond donors (Lipinski definition) is 0.